The van der Waals surface area contributed by atoms with E-state index in [4.69, 9.17) is 4.52 Å². The van der Waals surface area contributed by atoms with E-state index in [2.05, 4.69) is 20.6 Å². The first-order chi connectivity index (χ1) is 4.43. The zero-order valence-corrected chi connectivity index (χ0v) is 6.03. The van der Waals surface area contributed by atoms with E-state index in [1.807, 2.05) is 12.1 Å². The summed E-state index contributed by atoms with van der Waals surface area (Å²) in [6.07, 6.45) is 4.47. The molecule has 9 heavy (non-hydrogen) atoms. The minimum absolute atomic E-state index is 0.554. The molecule has 1 radical (unpaired) electrons. The Kier molecular flexibility index (Phi) is 2.62. The van der Waals surface area contributed by atoms with Gasteiger partial charge in [0.1, 0.15) is 0 Å². The largest absolute Gasteiger partial charge is 0.361 e. The lowest BCUT2D eigenvalue weighted by atomic mass is 10.3. The van der Waals surface area contributed by atoms with E-state index in [1.54, 1.807) is 6.20 Å². The van der Waals surface area contributed by atoms with Crippen molar-refractivity contribution in [1.29, 1.82) is 0 Å². The summed E-state index contributed by atoms with van der Waals surface area (Å²) < 4.78 is 4.77. The molecule has 0 N–H and O–H groups in total. The normalized spacial score (nSPS) is 9.44. The molecule has 0 aliphatic heterocycles. The number of nitrogens with zero attached hydrogens (tertiary/aromatic N) is 1. The van der Waals surface area contributed by atoms with Crippen LogP contribution in [0.25, 0.3) is 0 Å². The van der Waals surface area contributed by atoms with Crippen LogP contribution >= 0.6 is 9.47 Å². The van der Waals surface area contributed by atoms with E-state index in [-0.39, 0.29) is 0 Å². The molecule has 0 amide bonds. The average molecular weight is 140 g/mol. The van der Waals surface area contributed by atoms with Crippen molar-refractivity contribution in [2.24, 2.45) is 0 Å². The van der Waals surface area contributed by atoms with Gasteiger partial charge in [0, 0.05) is 21.2 Å². The molecule has 47 valence electrons. The van der Waals surface area contributed by atoms with Crippen LogP contribution in [0.15, 0.2) is 18.3 Å². The predicted molar refractivity (Wildman–Crippen MR) is 37.6 cm³/mol. The van der Waals surface area contributed by atoms with Gasteiger partial charge in [0.05, 0.1) is 12.8 Å². The van der Waals surface area contributed by atoms with Gasteiger partial charge in [-0.25, -0.2) is 0 Å². The fourth-order valence-corrected chi connectivity index (χ4v) is 0.709. The highest BCUT2D eigenvalue weighted by atomic mass is 31.0. The van der Waals surface area contributed by atoms with E-state index in [0.717, 1.165) is 5.56 Å². The summed E-state index contributed by atoms with van der Waals surface area (Å²) in [5.74, 6) is 0. The fraction of sp³-hybridized carbons (Fsp3) is 0.167. The van der Waals surface area contributed by atoms with E-state index in [1.165, 1.54) is 0 Å². The number of pyridine rings is 1. The molecule has 2 nitrogen and oxygen atoms in total. The highest BCUT2D eigenvalue weighted by molar-refractivity contribution is 7.09. The van der Waals surface area contributed by atoms with Gasteiger partial charge < -0.3 is 4.52 Å². The van der Waals surface area contributed by atoms with E-state index < -0.39 is 0 Å². The molecule has 0 bridgehead atoms. The van der Waals surface area contributed by atoms with E-state index in [0.29, 0.717) is 6.61 Å². The number of hydrogen-bond acceptors (Lipinski definition) is 2. The summed E-state index contributed by atoms with van der Waals surface area (Å²) in [6.45, 7) is 0.554. The highest BCUT2D eigenvalue weighted by Crippen LogP contribution is 1.99. The minimum atomic E-state index is 0.554. The van der Waals surface area contributed by atoms with Crippen LogP contribution in [-0.4, -0.2) is 4.98 Å². The first kappa shape index (κ1) is 6.66. The van der Waals surface area contributed by atoms with Crippen LogP contribution in [0, 0.1) is 6.20 Å². The quantitative estimate of drug-likeness (QED) is 0.575. The molecular weight excluding hydrogens is 133 g/mol. The van der Waals surface area contributed by atoms with Gasteiger partial charge in [-0.15, -0.1) is 0 Å². The molecule has 0 saturated heterocycles. The summed E-state index contributed by atoms with van der Waals surface area (Å²) in [6, 6.07) is 3.77. The van der Waals surface area contributed by atoms with Crippen molar-refractivity contribution < 1.29 is 4.52 Å². The summed E-state index contributed by atoms with van der Waals surface area (Å²) in [4.78, 5) is 3.79. The van der Waals surface area contributed by atoms with Crippen molar-refractivity contribution in [1.82, 2.24) is 4.98 Å². The monoisotopic (exact) mass is 140 g/mol. The van der Waals surface area contributed by atoms with Crippen molar-refractivity contribution >= 4 is 9.47 Å². The van der Waals surface area contributed by atoms with Crippen LogP contribution in [0.5, 0.6) is 0 Å². The molecule has 0 saturated carbocycles. The Hall–Kier alpha value is -0.460. The third kappa shape index (κ3) is 2.08. The van der Waals surface area contributed by atoms with Crippen LogP contribution in [0.3, 0.4) is 0 Å². The van der Waals surface area contributed by atoms with Gasteiger partial charge >= 0.3 is 0 Å². The highest BCUT2D eigenvalue weighted by Gasteiger charge is 1.86. The van der Waals surface area contributed by atoms with E-state index in [9.17, 15) is 0 Å². The van der Waals surface area contributed by atoms with Gasteiger partial charge in [0.2, 0.25) is 0 Å². The van der Waals surface area contributed by atoms with Crippen molar-refractivity contribution in [2.45, 2.75) is 6.61 Å². The Labute approximate surface area is 56.5 Å². The second-order valence-corrected chi connectivity index (χ2v) is 1.92. The smallest absolute Gasteiger partial charge is 0.0945 e. The lowest BCUT2D eigenvalue weighted by molar-refractivity contribution is 0.361. The zero-order valence-electron chi connectivity index (χ0n) is 4.87. The van der Waals surface area contributed by atoms with Gasteiger partial charge in [-0.05, 0) is 6.07 Å². The number of rotatable bonds is 2. The Balaban J connectivity index is 2.61. The summed E-state index contributed by atoms with van der Waals surface area (Å²) in [5, 5.41) is 0. The van der Waals surface area contributed by atoms with Gasteiger partial charge in [-0.3, -0.25) is 4.98 Å². The fourth-order valence-electron chi connectivity index (χ4n) is 0.530. The van der Waals surface area contributed by atoms with Gasteiger partial charge in [0.25, 0.3) is 0 Å². The third-order valence-electron chi connectivity index (χ3n) is 0.905. The molecule has 1 aromatic rings. The van der Waals surface area contributed by atoms with Gasteiger partial charge in [-0.2, -0.15) is 0 Å². The molecule has 0 spiro atoms. The first-order valence-corrected chi connectivity index (χ1v) is 3.04. The lowest BCUT2D eigenvalue weighted by Gasteiger charge is -1.93. The Bertz CT molecular complexity index is 166. The minimum Gasteiger partial charge on any atom is -0.361 e. The predicted octanol–water partition coefficient (Wildman–Crippen LogP) is 1.19. The molecule has 1 aromatic heterocycles. The Morgan fingerprint density at radius 2 is 2.67 bits per heavy atom. The standard InChI is InChI=1S/C6H7NOP/c9-8-5-6-2-1-3-7-4-6/h1-3H,5,9H2. The van der Waals surface area contributed by atoms with Crippen LogP contribution in [0.4, 0.5) is 0 Å². The lowest BCUT2D eigenvalue weighted by Crippen LogP contribution is -1.83. The molecule has 0 aliphatic carbocycles. The zero-order chi connectivity index (χ0) is 6.53. The second kappa shape index (κ2) is 3.54. The summed E-state index contributed by atoms with van der Waals surface area (Å²) >= 11 is 0. The van der Waals surface area contributed by atoms with Crippen molar-refractivity contribution in [3.05, 3.63) is 30.1 Å². The maximum Gasteiger partial charge on any atom is 0.0945 e. The van der Waals surface area contributed by atoms with Crippen LogP contribution in [0.2, 0.25) is 0 Å². The molecular formula is C6H7NOP. The average Bonchev–Trinajstić information content (AvgIpc) is 1.91. The van der Waals surface area contributed by atoms with E-state index >= 15 is 0 Å². The van der Waals surface area contributed by atoms with Crippen LogP contribution < -0.4 is 0 Å². The number of hydrogen-bond donors (Lipinski definition) is 0. The molecule has 1 atom stereocenters. The molecule has 3 heteroatoms. The maximum absolute atomic E-state index is 4.77. The molecule has 1 heterocycles. The first-order valence-electron chi connectivity index (χ1n) is 2.57. The molecule has 0 aliphatic rings. The Morgan fingerprint density at radius 1 is 1.78 bits per heavy atom. The van der Waals surface area contributed by atoms with Crippen LogP contribution in [0.1, 0.15) is 5.56 Å². The van der Waals surface area contributed by atoms with Gasteiger partial charge in [-0.1, -0.05) is 6.07 Å². The third-order valence-corrected chi connectivity index (χ3v) is 1.07. The second-order valence-electron chi connectivity index (χ2n) is 1.59. The van der Waals surface area contributed by atoms with Crippen molar-refractivity contribution in [2.75, 3.05) is 0 Å². The SMILES string of the molecule is POCc1[c]nccc1. The molecule has 1 rings (SSSR count). The number of aromatic nitrogens is 1. The maximum atomic E-state index is 4.77. The van der Waals surface area contributed by atoms with Gasteiger partial charge in [0.15, 0.2) is 0 Å². The van der Waals surface area contributed by atoms with Crippen molar-refractivity contribution in [3.8, 4) is 0 Å². The van der Waals surface area contributed by atoms with Crippen molar-refractivity contribution in [3.63, 3.8) is 0 Å². The molecule has 0 fully saturated rings. The topological polar surface area (TPSA) is 22.1 Å². The molecule has 0 aromatic carbocycles. The Morgan fingerprint density at radius 3 is 3.22 bits per heavy atom. The summed E-state index contributed by atoms with van der Waals surface area (Å²) in [7, 11) is 2.18. The summed E-state index contributed by atoms with van der Waals surface area (Å²) in [5.41, 5.74) is 0.965. The van der Waals surface area contributed by atoms with Crippen LogP contribution in [-0.2, 0) is 11.1 Å². The molecule has 1 unspecified atom stereocenters.